The lowest BCUT2D eigenvalue weighted by Gasteiger charge is -2.24. The molecule has 2 aromatic carbocycles. The van der Waals surface area contributed by atoms with Crippen LogP contribution in [0.15, 0.2) is 60.9 Å². The van der Waals surface area contributed by atoms with E-state index in [1.165, 1.54) is 5.56 Å². The summed E-state index contributed by atoms with van der Waals surface area (Å²) in [6.07, 6.45) is 3.75. The van der Waals surface area contributed by atoms with Gasteiger partial charge in [-0.2, -0.15) is 10.1 Å². The second-order valence-corrected chi connectivity index (χ2v) is 6.94. The van der Waals surface area contributed by atoms with E-state index in [9.17, 15) is 0 Å². The number of hydrogen-bond acceptors (Lipinski definition) is 3. The van der Waals surface area contributed by atoms with E-state index < -0.39 is 0 Å². The highest BCUT2D eigenvalue weighted by Crippen LogP contribution is 2.32. The van der Waals surface area contributed by atoms with Crippen LogP contribution in [0.3, 0.4) is 0 Å². The molecule has 4 rings (SSSR count). The Morgan fingerprint density at radius 3 is 2.44 bits per heavy atom. The highest BCUT2D eigenvalue weighted by molar-refractivity contribution is 6.30. The van der Waals surface area contributed by atoms with E-state index in [0.717, 1.165) is 27.8 Å². The first-order valence-corrected chi connectivity index (χ1v) is 8.74. The van der Waals surface area contributed by atoms with E-state index in [0.29, 0.717) is 5.92 Å². The number of nitrogens with one attached hydrogen (secondary N) is 1. The Labute approximate surface area is 152 Å². The van der Waals surface area contributed by atoms with E-state index in [4.69, 9.17) is 11.6 Å². The quantitative estimate of drug-likeness (QED) is 0.713. The normalized spacial score (nSPS) is 16.3. The standard InChI is InChI=1S/C20H19ClN4/c1-13(2)14-3-5-15(6-4-14)18-11-19(16-7-9-17(21)10-8-16)25-20(24-18)22-12-23-25/h3-13,19H,1-2H3,(H,22,23,24)/t19-/m1/s1. The topological polar surface area (TPSA) is 42.7 Å². The molecule has 0 radical (unpaired) electrons. The Kier molecular flexibility index (Phi) is 4.06. The fourth-order valence-electron chi connectivity index (χ4n) is 3.05. The molecule has 25 heavy (non-hydrogen) atoms. The minimum absolute atomic E-state index is 0.0178. The van der Waals surface area contributed by atoms with Gasteiger partial charge >= 0.3 is 0 Å². The van der Waals surface area contributed by atoms with Crippen LogP contribution in [0.4, 0.5) is 5.95 Å². The van der Waals surface area contributed by atoms with Crippen molar-refractivity contribution in [3.63, 3.8) is 0 Å². The van der Waals surface area contributed by atoms with Gasteiger partial charge in [0.1, 0.15) is 12.4 Å². The molecular weight excluding hydrogens is 332 g/mol. The maximum Gasteiger partial charge on any atom is 0.226 e. The third kappa shape index (κ3) is 3.05. The molecule has 4 nitrogen and oxygen atoms in total. The Balaban J connectivity index is 1.74. The molecule has 0 fully saturated rings. The van der Waals surface area contributed by atoms with E-state index >= 15 is 0 Å². The molecule has 1 atom stereocenters. The molecule has 3 aromatic rings. The van der Waals surface area contributed by atoms with Crippen molar-refractivity contribution in [3.8, 4) is 0 Å². The predicted molar refractivity (Wildman–Crippen MR) is 102 cm³/mol. The molecule has 0 aliphatic carbocycles. The summed E-state index contributed by atoms with van der Waals surface area (Å²) in [5.41, 5.74) is 4.62. The minimum Gasteiger partial charge on any atom is -0.324 e. The second kappa shape index (κ2) is 6.37. The minimum atomic E-state index is -0.0178. The van der Waals surface area contributed by atoms with Crippen molar-refractivity contribution in [2.45, 2.75) is 25.8 Å². The SMILES string of the molecule is CC(C)c1ccc(C2=C[C@H](c3ccc(Cl)cc3)n3ncnc3N2)cc1. The Bertz CT molecular complexity index is 908. The van der Waals surface area contributed by atoms with Crippen molar-refractivity contribution in [2.75, 3.05) is 5.32 Å². The highest BCUT2D eigenvalue weighted by atomic mass is 35.5. The van der Waals surface area contributed by atoms with Crippen molar-refractivity contribution in [2.24, 2.45) is 0 Å². The van der Waals surface area contributed by atoms with Crippen LogP contribution in [0.1, 0.15) is 42.5 Å². The fraction of sp³-hybridized carbons (Fsp3) is 0.200. The van der Waals surface area contributed by atoms with E-state index in [1.54, 1.807) is 6.33 Å². The zero-order valence-corrected chi connectivity index (χ0v) is 14.9. The summed E-state index contributed by atoms with van der Waals surface area (Å²) in [5.74, 6) is 1.26. The number of anilines is 1. The molecule has 0 unspecified atom stereocenters. The van der Waals surface area contributed by atoms with E-state index in [2.05, 4.69) is 59.6 Å². The molecule has 5 heteroatoms. The van der Waals surface area contributed by atoms with Gasteiger partial charge in [0.15, 0.2) is 0 Å². The van der Waals surface area contributed by atoms with E-state index in [-0.39, 0.29) is 6.04 Å². The number of benzene rings is 2. The average molecular weight is 351 g/mol. The summed E-state index contributed by atoms with van der Waals surface area (Å²) in [7, 11) is 0. The second-order valence-electron chi connectivity index (χ2n) is 6.51. The molecule has 0 saturated carbocycles. The van der Waals surface area contributed by atoms with Crippen molar-refractivity contribution in [3.05, 3.63) is 82.6 Å². The first kappa shape index (κ1) is 15.9. The number of hydrogen-bond donors (Lipinski definition) is 1. The first-order chi connectivity index (χ1) is 12.1. The number of nitrogens with zero attached hydrogens (tertiary/aromatic N) is 3. The highest BCUT2D eigenvalue weighted by Gasteiger charge is 2.23. The van der Waals surface area contributed by atoms with Crippen LogP contribution in [0.2, 0.25) is 5.02 Å². The van der Waals surface area contributed by atoms with Crippen LogP contribution < -0.4 is 5.32 Å². The van der Waals surface area contributed by atoms with Crippen LogP contribution in [0.25, 0.3) is 5.70 Å². The molecule has 0 saturated heterocycles. The fourth-order valence-corrected chi connectivity index (χ4v) is 3.17. The first-order valence-electron chi connectivity index (χ1n) is 8.36. The van der Waals surface area contributed by atoms with Crippen LogP contribution in [-0.2, 0) is 0 Å². The van der Waals surface area contributed by atoms with Crippen molar-refractivity contribution < 1.29 is 0 Å². The molecule has 1 aliphatic rings. The van der Waals surface area contributed by atoms with Gasteiger partial charge < -0.3 is 5.32 Å². The molecule has 2 heterocycles. The van der Waals surface area contributed by atoms with Gasteiger partial charge in [0.25, 0.3) is 0 Å². The summed E-state index contributed by atoms with van der Waals surface area (Å²) >= 11 is 6.03. The predicted octanol–water partition coefficient (Wildman–Crippen LogP) is 5.11. The molecular formula is C20H19ClN4. The van der Waals surface area contributed by atoms with Crippen LogP contribution >= 0.6 is 11.6 Å². The molecule has 0 spiro atoms. The third-order valence-corrected chi connectivity index (χ3v) is 4.76. The number of aromatic nitrogens is 3. The lowest BCUT2D eigenvalue weighted by molar-refractivity contribution is 0.612. The van der Waals surface area contributed by atoms with Crippen molar-refractivity contribution >= 4 is 23.2 Å². The number of halogens is 1. The van der Waals surface area contributed by atoms with Gasteiger partial charge in [0.2, 0.25) is 5.95 Å². The Morgan fingerprint density at radius 1 is 1.04 bits per heavy atom. The summed E-state index contributed by atoms with van der Waals surface area (Å²) in [6, 6.07) is 16.5. The van der Waals surface area contributed by atoms with Crippen LogP contribution in [0.5, 0.6) is 0 Å². The zero-order chi connectivity index (χ0) is 17.4. The molecule has 1 aliphatic heterocycles. The maximum atomic E-state index is 6.03. The Hall–Kier alpha value is -2.59. The zero-order valence-electron chi connectivity index (χ0n) is 14.1. The van der Waals surface area contributed by atoms with Crippen LogP contribution in [0, 0.1) is 0 Å². The summed E-state index contributed by atoms with van der Waals surface area (Å²) in [6.45, 7) is 4.40. The van der Waals surface area contributed by atoms with Gasteiger partial charge in [-0.15, -0.1) is 0 Å². The van der Waals surface area contributed by atoms with Gasteiger partial charge in [0, 0.05) is 10.7 Å². The van der Waals surface area contributed by atoms with Gasteiger partial charge in [-0.05, 0) is 40.8 Å². The molecule has 0 amide bonds. The number of fused-ring (bicyclic) bond motifs is 1. The molecule has 1 N–H and O–H groups in total. The maximum absolute atomic E-state index is 6.03. The average Bonchev–Trinajstić information content (AvgIpc) is 3.10. The Morgan fingerprint density at radius 2 is 1.76 bits per heavy atom. The monoisotopic (exact) mass is 350 g/mol. The molecule has 1 aromatic heterocycles. The summed E-state index contributed by atoms with van der Waals surface area (Å²) < 4.78 is 1.88. The van der Waals surface area contributed by atoms with Gasteiger partial charge in [-0.3, -0.25) is 0 Å². The third-order valence-electron chi connectivity index (χ3n) is 4.51. The number of rotatable bonds is 3. The van der Waals surface area contributed by atoms with Gasteiger partial charge in [0.05, 0.1) is 0 Å². The van der Waals surface area contributed by atoms with Crippen molar-refractivity contribution in [1.29, 1.82) is 0 Å². The molecule has 126 valence electrons. The summed E-state index contributed by atoms with van der Waals surface area (Å²) in [5, 5.41) is 8.47. The molecule has 0 bridgehead atoms. The lowest BCUT2D eigenvalue weighted by Crippen LogP contribution is -2.20. The number of allylic oxidation sites excluding steroid dienone is 1. The van der Waals surface area contributed by atoms with Crippen molar-refractivity contribution in [1.82, 2.24) is 14.8 Å². The van der Waals surface area contributed by atoms with Gasteiger partial charge in [-0.1, -0.05) is 61.8 Å². The van der Waals surface area contributed by atoms with Gasteiger partial charge in [-0.25, -0.2) is 4.68 Å². The largest absolute Gasteiger partial charge is 0.324 e. The van der Waals surface area contributed by atoms with E-state index in [1.807, 2.05) is 28.9 Å². The lowest BCUT2D eigenvalue weighted by atomic mass is 9.98. The van der Waals surface area contributed by atoms with Crippen LogP contribution in [-0.4, -0.2) is 14.8 Å². The summed E-state index contributed by atoms with van der Waals surface area (Å²) in [4.78, 5) is 4.35. The smallest absolute Gasteiger partial charge is 0.226 e.